The highest BCUT2D eigenvalue weighted by atomic mass is 19.4. The molecule has 0 bridgehead atoms. The second kappa shape index (κ2) is 8.72. The van der Waals surface area contributed by atoms with Gasteiger partial charge in [0.15, 0.2) is 11.5 Å². The lowest BCUT2D eigenvalue weighted by Gasteiger charge is -2.32. The first-order chi connectivity index (χ1) is 15.3. The molecule has 1 saturated heterocycles. The molecule has 170 valence electrons. The third-order valence-electron chi connectivity index (χ3n) is 5.88. The summed E-state index contributed by atoms with van der Waals surface area (Å²) in [6.45, 7) is 1.17. The molecule has 0 N–H and O–H groups in total. The number of fused-ring (bicyclic) bond motifs is 1. The Hall–Kier alpha value is -3.23. The Bertz CT molecular complexity index is 1120. The largest absolute Gasteiger partial charge is 0.493 e. The Balaban J connectivity index is 1.47. The molecule has 1 aliphatic heterocycles. The lowest BCUT2D eigenvalue weighted by Crippen LogP contribution is -2.39. The van der Waals surface area contributed by atoms with E-state index in [1.807, 2.05) is 0 Å². The maximum absolute atomic E-state index is 13.6. The normalized spacial score (nSPS) is 15.2. The number of carbonyl (C=O) groups is 1. The van der Waals surface area contributed by atoms with Crippen molar-refractivity contribution in [3.63, 3.8) is 0 Å². The minimum absolute atomic E-state index is 0.0168. The number of benzene rings is 2. The summed E-state index contributed by atoms with van der Waals surface area (Å²) in [7, 11) is 3.03. The quantitative estimate of drug-likeness (QED) is 0.573. The number of hydrogen-bond donors (Lipinski definition) is 0. The number of rotatable bonds is 5. The van der Waals surface area contributed by atoms with Crippen LogP contribution in [0.25, 0.3) is 11.0 Å². The Morgan fingerprint density at radius 1 is 1.06 bits per heavy atom. The van der Waals surface area contributed by atoms with Crippen molar-refractivity contribution in [2.45, 2.75) is 25.6 Å². The number of aromatic nitrogens is 2. The molecule has 0 saturated carbocycles. The number of amides is 1. The molecule has 2 heterocycles. The zero-order valence-corrected chi connectivity index (χ0v) is 17.9. The van der Waals surface area contributed by atoms with Crippen LogP contribution in [0.3, 0.4) is 0 Å². The molecule has 0 aliphatic carbocycles. The van der Waals surface area contributed by atoms with Crippen LogP contribution < -0.4 is 9.47 Å². The lowest BCUT2D eigenvalue weighted by atomic mass is 9.96. The Morgan fingerprint density at radius 2 is 1.75 bits per heavy atom. The van der Waals surface area contributed by atoms with Crippen LogP contribution in [0.1, 0.15) is 29.0 Å². The van der Waals surface area contributed by atoms with Gasteiger partial charge in [-0.25, -0.2) is 4.98 Å². The number of nitrogens with zero attached hydrogens (tertiary/aromatic N) is 3. The van der Waals surface area contributed by atoms with Crippen molar-refractivity contribution in [3.8, 4) is 11.5 Å². The van der Waals surface area contributed by atoms with E-state index < -0.39 is 12.0 Å². The van der Waals surface area contributed by atoms with Gasteiger partial charge in [-0.15, -0.1) is 0 Å². The van der Waals surface area contributed by atoms with E-state index in [9.17, 15) is 18.0 Å². The third-order valence-corrected chi connectivity index (χ3v) is 5.88. The first-order valence-electron chi connectivity index (χ1n) is 10.4. The summed E-state index contributed by atoms with van der Waals surface area (Å²) in [4.78, 5) is 18.5. The van der Waals surface area contributed by atoms with Crippen LogP contribution in [0.15, 0.2) is 42.5 Å². The van der Waals surface area contributed by atoms with Gasteiger partial charge in [0.05, 0.1) is 25.3 Å². The fraction of sp³-hybridized carbons (Fsp3) is 0.391. The Morgan fingerprint density at radius 3 is 2.41 bits per heavy atom. The molecule has 0 unspecified atom stereocenters. The van der Waals surface area contributed by atoms with Crippen molar-refractivity contribution in [2.24, 2.45) is 5.92 Å². The van der Waals surface area contributed by atoms with E-state index in [0.29, 0.717) is 54.0 Å². The van der Waals surface area contributed by atoms with E-state index in [2.05, 4.69) is 4.98 Å². The van der Waals surface area contributed by atoms with Crippen LogP contribution in [0.4, 0.5) is 13.2 Å². The van der Waals surface area contributed by atoms with Gasteiger partial charge < -0.3 is 18.9 Å². The minimum atomic E-state index is -4.52. The van der Waals surface area contributed by atoms with Gasteiger partial charge in [0.1, 0.15) is 0 Å². The van der Waals surface area contributed by atoms with Gasteiger partial charge in [0, 0.05) is 25.2 Å². The van der Waals surface area contributed by atoms with Crippen LogP contribution in [-0.2, 0) is 12.7 Å². The third kappa shape index (κ3) is 4.24. The SMILES string of the molecule is COc1ccc(C(=O)N2CCC(Cn3c(C(F)(F)F)nc4ccccc43)CC2)cc1OC. The molecule has 2 aromatic carbocycles. The molecule has 32 heavy (non-hydrogen) atoms. The number of alkyl halides is 3. The molecule has 4 rings (SSSR count). The summed E-state index contributed by atoms with van der Waals surface area (Å²) >= 11 is 0. The molecule has 0 spiro atoms. The van der Waals surface area contributed by atoms with Crippen molar-refractivity contribution < 1.29 is 27.4 Å². The molecule has 9 heteroatoms. The number of methoxy groups -OCH3 is 2. The Labute approximate surface area is 183 Å². The molecule has 6 nitrogen and oxygen atoms in total. The minimum Gasteiger partial charge on any atom is -0.493 e. The predicted octanol–water partition coefficient (Wildman–Crippen LogP) is 4.62. The number of ether oxygens (including phenoxy) is 2. The van der Waals surface area contributed by atoms with Gasteiger partial charge in [0.2, 0.25) is 5.82 Å². The van der Waals surface area contributed by atoms with Gasteiger partial charge in [-0.2, -0.15) is 13.2 Å². The highest BCUT2D eigenvalue weighted by molar-refractivity contribution is 5.95. The molecular formula is C23H24F3N3O3. The summed E-state index contributed by atoms with van der Waals surface area (Å²) in [6.07, 6.45) is -3.30. The van der Waals surface area contributed by atoms with Crippen molar-refractivity contribution in [1.29, 1.82) is 0 Å². The molecule has 0 atom stereocenters. The summed E-state index contributed by atoms with van der Waals surface area (Å²) in [6, 6.07) is 11.6. The summed E-state index contributed by atoms with van der Waals surface area (Å²) < 4.78 is 52.4. The number of piperidine rings is 1. The van der Waals surface area contributed by atoms with E-state index >= 15 is 0 Å². The highest BCUT2D eigenvalue weighted by Gasteiger charge is 2.38. The number of halogens is 3. The molecule has 1 fully saturated rings. The summed E-state index contributed by atoms with van der Waals surface area (Å²) in [5, 5.41) is 0. The number of carbonyl (C=O) groups excluding carboxylic acids is 1. The summed E-state index contributed by atoms with van der Waals surface area (Å²) in [5.74, 6) is 0.0230. The maximum atomic E-state index is 13.6. The van der Waals surface area contributed by atoms with E-state index in [1.165, 1.54) is 18.8 Å². The van der Waals surface area contributed by atoms with Gasteiger partial charge in [-0.1, -0.05) is 12.1 Å². The fourth-order valence-electron chi connectivity index (χ4n) is 4.21. The first-order valence-corrected chi connectivity index (χ1v) is 10.4. The highest BCUT2D eigenvalue weighted by Crippen LogP contribution is 2.33. The maximum Gasteiger partial charge on any atom is 0.449 e. The number of hydrogen-bond acceptors (Lipinski definition) is 4. The monoisotopic (exact) mass is 447 g/mol. The van der Waals surface area contributed by atoms with Gasteiger partial charge in [-0.05, 0) is 49.1 Å². The zero-order chi connectivity index (χ0) is 22.9. The molecule has 1 aliphatic rings. The van der Waals surface area contributed by atoms with Crippen LogP contribution in [0.2, 0.25) is 0 Å². The van der Waals surface area contributed by atoms with E-state index in [0.717, 1.165) is 0 Å². The average Bonchev–Trinajstić information content (AvgIpc) is 3.17. The van der Waals surface area contributed by atoms with E-state index in [4.69, 9.17) is 9.47 Å². The van der Waals surface area contributed by atoms with E-state index in [-0.39, 0.29) is 18.4 Å². The van der Waals surface area contributed by atoms with Crippen molar-refractivity contribution in [1.82, 2.24) is 14.5 Å². The van der Waals surface area contributed by atoms with E-state index in [1.54, 1.807) is 47.4 Å². The number of imidazole rings is 1. The van der Waals surface area contributed by atoms with Crippen LogP contribution in [-0.4, -0.2) is 47.7 Å². The standard InChI is InChI=1S/C23H24F3N3O3/c1-31-19-8-7-16(13-20(19)32-2)21(30)28-11-9-15(10-12-28)14-29-18-6-4-3-5-17(18)27-22(29)23(24,25)26/h3-8,13,15H,9-12,14H2,1-2H3. The predicted molar refractivity (Wildman–Crippen MR) is 113 cm³/mol. The molecule has 0 radical (unpaired) electrons. The second-order valence-corrected chi connectivity index (χ2v) is 7.84. The lowest BCUT2D eigenvalue weighted by molar-refractivity contribution is -0.147. The van der Waals surface area contributed by atoms with Crippen molar-refractivity contribution in [3.05, 3.63) is 53.9 Å². The summed E-state index contributed by atoms with van der Waals surface area (Å²) in [5.41, 5.74) is 1.30. The molecule has 1 amide bonds. The zero-order valence-electron chi connectivity index (χ0n) is 17.9. The van der Waals surface area contributed by atoms with Gasteiger partial charge in [-0.3, -0.25) is 4.79 Å². The average molecular weight is 447 g/mol. The molecular weight excluding hydrogens is 423 g/mol. The molecule has 1 aromatic heterocycles. The van der Waals surface area contributed by atoms with Gasteiger partial charge in [0.25, 0.3) is 5.91 Å². The van der Waals surface area contributed by atoms with Crippen molar-refractivity contribution >= 4 is 16.9 Å². The first kappa shape index (κ1) is 22.0. The second-order valence-electron chi connectivity index (χ2n) is 7.84. The van der Waals surface area contributed by atoms with Crippen LogP contribution in [0.5, 0.6) is 11.5 Å². The smallest absolute Gasteiger partial charge is 0.449 e. The Kier molecular flexibility index (Phi) is 5.99. The fourth-order valence-corrected chi connectivity index (χ4v) is 4.21. The number of para-hydroxylation sites is 2. The van der Waals surface area contributed by atoms with Crippen LogP contribution in [0, 0.1) is 5.92 Å². The molecule has 3 aromatic rings. The van der Waals surface area contributed by atoms with Gasteiger partial charge >= 0.3 is 6.18 Å². The van der Waals surface area contributed by atoms with Crippen LogP contribution >= 0.6 is 0 Å². The number of likely N-dealkylation sites (tertiary alicyclic amines) is 1. The van der Waals surface area contributed by atoms with Crippen molar-refractivity contribution in [2.75, 3.05) is 27.3 Å². The topological polar surface area (TPSA) is 56.6 Å².